The van der Waals surface area contributed by atoms with Crippen LogP contribution in [0.15, 0.2) is 24.3 Å². The van der Waals surface area contributed by atoms with E-state index in [9.17, 15) is 9.59 Å². The molecule has 0 bridgehead atoms. The molecule has 4 nitrogen and oxygen atoms in total. The third-order valence-electron chi connectivity index (χ3n) is 4.45. The molecule has 130 valence electrons. The van der Waals surface area contributed by atoms with Crippen LogP contribution in [-0.2, 0) is 4.79 Å². The van der Waals surface area contributed by atoms with Crippen LogP contribution in [0.2, 0.25) is 0 Å². The van der Waals surface area contributed by atoms with Gasteiger partial charge in [-0.2, -0.15) is 0 Å². The van der Waals surface area contributed by atoms with Gasteiger partial charge in [-0.1, -0.05) is 12.1 Å². The lowest BCUT2D eigenvalue weighted by molar-refractivity contribution is -0.133. The molecule has 24 heavy (non-hydrogen) atoms. The first-order valence-corrected chi connectivity index (χ1v) is 10.7. The molecule has 1 atom stereocenters. The van der Waals surface area contributed by atoms with Gasteiger partial charge in [-0.25, -0.2) is 0 Å². The summed E-state index contributed by atoms with van der Waals surface area (Å²) < 4.78 is 0.488. The maximum absolute atomic E-state index is 12.4. The van der Waals surface area contributed by atoms with Crippen LogP contribution in [-0.4, -0.2) is 47.4 Å². The molecule has 2 aliphatic rings. The minimum atomic E-state index is -0.476. The average molecular weight is 365 g/mol. The standard InChI is InChI=1S/C18H24N2O2S2/c1-13(17(22)20-9-3-2-4-10-20)19-16(21)14-5-7-15(8-6-14)18-23-11-12-24-18/h5-8,13,18H,2-4,9-12H2,1H3,(H,19,21). The van der Waals surface area contributed by atoms with Crippen LogP contribution in [0.5, 0.6) is 0 Å². The molecule has 6 heteroatoms. The average Bonchev–Trinajstić information content (AvgIpc) is 3.16. The second kappa shape index (κ2) is 8.30. The van der Waals surface area contributed by atoms with Crippen molar-refractivity contribution in [2.24, 2.45) is 0 Å². The number of nitrogens with zero attached hydrogens (tertiary/aromatic N) is 1. The summed E-state index contributed by atoms with van der Waals surface area (Å²) in [6.45, 7) is 3.39. The van der Waals surface area contributed by atoms with Crippen molar-refractivity contribution in [3.8, 4) is 0 Å². The normalized spacial score (nSPS) is 20.0. The van der Waals surface area contributed by atoms with Gasteiger partial charge >= 0.3 is 0 Å². The second-order valence-corrected chi connectivity index (χ2v) is 9.00. The van der Waals surface area contributed by atoms with Gasteiger partial charge in [0.25, 0.3) is 5.91 Å². The van der Waals surface area contributed by atoms with Crippen molar-refractivity contribution in [2.45, 2.75) is 36.8 Å². The Labute approximate surface area is 152 Å². The van der Waals surface area contributed by atoms with Crippen molar-refractivity contribution in [2.75, 3.05) is 24.6 Å². The maximum Gasteiger partial charge on any atom is 0.251 e. The van der Waals surface area contributed by atoms with Crippen molar-refractivity contribution in [3.63, 3.8) is 0 Å². The Morgan fingerprint density at radius 1 is 1.08 bits per heavy atom. The highest BCUT2D eigenvalue weighted by Crippen LogP contribution is 2.45. The van der Waals surface area contributed by atoms with Crippen molar-refractivity contribution < 1.29 is 9.59 Å². The number of hydrogen-bond acceptors (Lipinski definition) is 4. The number of thioether (sulfide) groups is 2. The van der Waals surface area contributed by atoms with E-state index in [1.165, 1.54) is 23.5 Å². The molecule has 0 aromatic heterocycles. The Morgan fingerprint density at radius 2 is 1.71 bits per heavy atom. The number of likely N-dealkylation sites (tertiary alicyclic amines) is 1. The van der Waals surface area contributed by atoms with Gasteiger partial charge in [-0.3, -0.25) is 9.59 Å². The number of hydrogen-bond donors (Lipinski definition) is 1. The Morgan fingerprint density at radius 3 is 2.33 bits per heavy atom. The van der Waals surface area contributed by atoms with Gasteiger partial charge in [0.05, 0.1) is 4.58 Å². The van der Waals surface area contributed by atoms with Gasteiger partial charge in [-0.15, -0.1) is 23.5 Å². The van der Waals surface area contributed by atoms with Gasteiger partial charge in [-0.05, 0) is 43.9 Å². The first kappa shape index (κ1) is 17.7. The quantitative estimate of drug-likeness (QED) is 0.891. The lowest BCUT2D eigenvalue weighted by Crippen LogP contribution is -2.48. The van der Waals surface area contributed by atoms with Crippen LogP contribution in [0.3, 0.4) is 0 Å². The van der Waals surface area contributed by atoms with Crippen molar-refractivity contribution in [1.29, 1.82) is 0 Å². The van der Waals surface area contributed by atoms with E-state index >= 15 is 0 Å². The predicted molar refractivity (Wildman–Crippen MR) is 101 cm³/mol. The van der Waals surface area contributed by atoms with E-state index in [4.69, 9.17) is 0 Å². The van der Waals surface area contributed by atoms with Gasteiger partial charge < -0.3 is 10.2 Å². The highest BCUT2D eigenvalue weighted by atomic mass is 32.2. The zero-order valence-electron chi connectivity index (χ0n) is 14.0. The molecular weight excluding hydrogens is 340 g/mol. The summed E-state index contributed by atoms with van der Waals surface area (Å²) in [7, 11) is 0. The topological polar surface area (TPSA) is 49.4 Å². The SMILES string of the molecule is CC(NC(=O)c1ccc(C2SCCS2)cc1)C(=O)N1CCCCC1. The fourth-order valence-corrected chi connectivity index (χ4v) is 5.93. The van der Waals surface area contributed by atoms with Crippen molar-refractivity contribution >= 4 is 35.3 Å². The highest BCUT2D eigenvalue weighted by molar-refractivity contribution is 8.19. The minimum absolute atomic E-state index is 0.0263. The summed E-state index contributed by atoms with van der Waals surface area (Å²) in [5.41, 5.74) is 1.88. The molecule has 1 N–H and O–H groups in total. The number of carbonyl (C=O) groups excluding carboxylic acids is 2. The first-order valence-electron chi connectivity index (χ1n) is 8.58. The summed E-state index contributed by atoms with van der Waals surface area (Å²) in [5.74, 6) is 2.23. The lowest BCUT2D eigenvalue weighted by Gasteiger charge is -2.29. The molecule has 0 aliphatic carbocycles. The predicted octanol–water partition coefficient (Wildman–Crippen LogP) is 3.30. The number of carbonyl (C=O) groups is 2. The van der Waals surface area contributed by atoms with Crippen molar-refractivity contribution in [3.05, 3.63) is 35.4 Å². The number of amides is 2. The molecule has 2 saturated heterocycles. The van der Waals surface area contributed by atoms with E-state index in [1.54, 1.807) is 6.92 Å². The molecule has 2 amide bonds. The molecule has 2 fully saturated rings. The minimum Gasteiger partial charge on any atom is -0.341 e. The van der Waals surface area contributed by atoms with Crippen LogP contribution in [0, 0.1) is 0 Å². The zero-order valence-corrected chi connectivity index (χ0v) is 15.6. The molecule has 2 heterocycles. The van der Waals surface area contributed by atoms with E-state index in [0.29, 0.717) is 10.1 Å². The molecule has 1 aromatic carbocycles. The monoisotopic (exact) mass is 364 g/mol. The fraction of sp³-hybridized carbons (Fsp3) is 0.556. The van der Waals surface area contributed by atoms with E-state index in [-0.39, 0.29) is 11.8 Å². The molecule has 1 aromatic rings. The molecule has 0 spiro atoms. The third-order valence-corrected chi connectivity index (χ3v) is 7.56. The zero-order chi connectivity index (χ0) is 16.9. The lowest BCUT2D eigenvalue weighted by atomic mass is 10.1. The fourth-order valence-electron chi connectivity index (χ4n) is 3.07. The van der Waals surface area contributed by atoms with Crippen LogP contribution in [0.1, 0.15) is 46.7 Å². The number of rotatable bonds is 4. The Kier molecular flexibility index (Phi) is 6.11. The molecule has 0 radical (unpaired) electrons. The molecular formula is C18H24N2O2S2. The third kappa shape index (κ3) is 4.28. The number of benzene rings is 1. The van der Waals surface area contributed by atoms with Gasteiger partial charge in [0.1, 0.15) is 6.04 Å². The van der Waals surface area contributed by atoms with Crippen LogP contribution < -0.4 is 5.32 Å². The Balaban J connectivity index is 1.56. The summed E-state index contributed by atoms with van der Waals surface area (Å²) in [6, 6.07) is 7.31. The Bertz CT molecular complexity index is 579. The molecule has 1 unspecified atom stereocenters. The van der Waals surface area contributed by atoms with Gasteiger partial charge in [0.15, 0.2) is 0 Å². The van der Waals surface area contributed by atoms with E-state index < -0.39 is 6.04 Å². The van der Waals surface area contributed by atoms with E-state index in [2.05, 4.69) is 5.32 Å². The van der Waals surface area contributed by atoms with Crippen LogP contribution in [0.25, 0.3) is 0 Å². The second-order valence-electron chi connectivity index (χ2n) is 6.28. The number of nitrogens with one attached hydrogen (secondary N) is 1. The summed E-state index contributed by atoms with van der Waals surface area (Å²) >= 11 is 3.90. The number of piperidine rings is 1. The summed E-state index contributed by atoms with van der Waals surface area (Å²) in [6.07, 6.45) is 3.31. The summed E-state index contributed by atoms with van der Waals surface area (Å²) in [4.78, 5) is 26.6. The summed E-state index contributed by atoms with van der Waals surface area (Å²) in [5, 5.41) is 2.84. The maximum atomic E-state index is 12.4. The molecule has 2 aliphatic heterocycles. The molecule has 3 rings (SSSR count). The van der Waals surface area contributed by atoms with E-state index in [1.807, 2.05) is 52.7 Å². The van der Waals surface area contributed by atoms with Crippen LogP contribution in [0.4, 0.5) is 0 Å². The van der Waals surface area contributed by atoms with Gasteiger partial charge in [0, 0.05) is 30.2 Å². The first-order chi connectivity index (χ1) is 11.6. The highest BCUT2D eigenvalue weighted by Gasteiger charge is 2.24. The van der Waals surface area contributed by atoms with Crippen molar-refractivity contribution in [1.82, 2.24) is 10.2 Å². The Hall–Kier alpha value is -1.14. The molecule has 0 saturated carbocycles. The van der Waals surface area contributed by atoms with Gasteiger partial charge in [0.2, 0.25) is 5.91 Å². The smallest absolute Gasteiger partial charge is 0.251 e. The van der Waals surface area contributed by atoms with E-state index in [0.717, 1.165) is 25.9 Å². The largest absolute Gasteiger partial charge is 0.341 e. The van der Waals surface area contributed by atoms with Crippen LogP contribution >= 0.6 is 23.5 Å².